The van der Waals surface area contributed by atoms with Crippen LogP contribution in [0.2, 0.25) is 0 Å². The molecule has 1 N–H and O–H groups in total. The Hall–Kier alpha value is -1.64. The Bertz CT molecular complexity index is 394. The SMILES string of the molecule is CC(=O)Cc1ccc(CC(=O)O)cc1C. The molecule has 15 heavy (non-hydrogen) atoms. The Balaban J connectivity index is 2.87. The van der Waals surface area contributed by atoms with Gasteiger partial charge in [0.1, 0.15) is 5.78 Å². The van der Waals surface area contributed by atoms with Crippen molar-refractivity contribution in [3.8, 4) is 0 Å². The van der Waals surface area contributed by atoms with Crippen LogP contribution in [0.3, 0.4) is 0 Å². The lowest BCUT2D eigenvalue weighted by Crippen LogP contribution is -2.03. The summed E-state index contributed by atoms with van der Waals surface area (Å²) < 4.78 is 0. The van der Waals surface area contributed by atoms with Gasteiger partial charge in [0, 0.05) is 6.42 Å². The quantitative estimate of drug-likeness (QED) is 0.816. The molecule has 80 valence electrons. The molecule has 3 nitrogen and oxygen atoms in total. The van der Waals surface area contributed by atoms with Crippen molar-refractivity contribution in [3.05, 3.63) is 34.9 Å². The Morgan fingerprint density at radius 3 is 2.40 bits per heavy atom. The molecule has 3 heteroatoms. The van der Waals surface area contributed by atoms with Gasteiger partial charge in [0.2, 0.25) is 0 Å². The highest BCUT2D eigenvalue weighted by Crippen LogP contribution is 2.12. The van der Waals surface area contributed by atoms with E-state index in [1.165, 1.54) is 0 Å². The number of rotatable bonds is 4. The zero-order valence-electron chi connectivity index (χ0n) is 8.91. The van der Waals surface area contributed by atoms with Gasteiger partial charge < -0.3 is 5.11 Å². The van der Waals surface area contributed by atoms with Crippen LogP contribution in [0.4, 0.5) is 0 Å². The minimum absolute atomic E-state index is 0.0290. The highest BCUT2D eigenvalue weighted by atomic mass is 16.4. The molecule has 0 bridgehead atoms. The van der Waals surface area contributed by atoms with Crippen molar-refractivity contribution in [2.45, 2.75) is 26.7 Å². The lowest BCUT2D eigenvalue weighted by Gasteiger charge is -2.05. The summed E-state index contributed by atoms with van der Waals surface area (Å²) in [5.41, 5.74) is 2.72. The second-order valence-corrected chi connectivity index (χ2v) is 3.71. The van der Waals surface area contributed by atoms with Crippen LogP contribution in [0.15, 0.2) is 18.2 Å². The van der Waals surface area contributed by atoms with Gasteiger partial charge in [0.15, 0.2) is 0 Å². The maximum Gasteiger partial charge on any atom is 0.307 e. The van der Waals surface area contributed by atoms with Gasteiger partial charge >= 0.3 is 5.97 Å². The zero-order valence-corrected chi connectivity index (χ0v) is 8.91. The molecule has 0 saturated carbocycles. The van der Waals surface area contributed by atoms with E-state index in [9.17, 15) is 9.59 Å². The number of carbonyl (C=O) groups excluding carboxylic acids is 1. The molecule has 1 aromatic rings. The van der Waals surface area contributed by atoms with Crippen LogP contribution < -0.4 is 0 Å². The first-order valence-corrected chi connectivity index (χ1v) is 4.78. The molecule has 0 aromatic heterocycles. The molecule has 0 aliphatic heterocycles. The fourth-order valence-corrected chi connectivity index (χ4v) is 1.51. The second-order valence-electron chi connectivity index (χ2n) is 3.71. The fraction of sp³-hybridized carbons (Fsp3) is 0.333. The third-order valence-corrected chi connectivity index (χ3v) is 2.20. The Morgan fingerprint density at radius 2 is 1.93 bits per heavy atom. The first-order chi connectivity index (χ1) is 6.99. The normalized spacial score (nSPS) is 10.0. The lowest BCUT2D eigenvalue weighted by atomic mass is 10.00. The number of carbonyl (C=O) groups is 2. The molecule has 0 unspecified atom stereocenters. The van der Waals surface area contributed by atoms with Gasteiger partial charge in [0.05, 0.1) is 6.42 Å². The predicted molar refractivity (Wildman–Crippen MR) is 56.9 cm³/mol. The van der Waals surface area contributed by atoms with Crippen molar-refractivity contribution in [2.24, 2.45) is 0 Å². The molecule has 1 aromatic carbocycles. The summed E-state index contributed by atoms with van der Waals surface area (Å²) in [6.07, 6.45) is 0.445. The van der Waals surface area contributed by atoms with Crippen LogP contribution in [0.1, 0.15) is 23.6 Å². The van der Waals surface area contributed by atoms with Crippen LogP contribution in [0, 0.1) is 6.92 Å². The Kier molecular flexibility index (Phi) is 3.61. The van der Waals surface area contributed by atoms with Crippen LogP contribution >= 0.6 is 0 Å². The largest absolute Gasteiger partial charge is 0.481 e. The van der Waals surface area contributed by atoms with Crippen LogP contribution in [0.5, 0.6) is 0 Å². The maximum atomic E-state index is 10.9. The molecule has 0 aliphatic carbocycles. The van der Waals surface area contributed by atoms with Crippen molar-refractivity contribution < 1.29 is 14.7 Å². The lowest BCUT2D eigenvalue weighted by molar-refractivity contribution is -0.136. The van der Waals surface area contributed by atoms with Gasteiger partial charge in [-0.2, -0.15) is 0 Å². The Morgan fingerprint density at radius 1 is 1.27 bits per heavy atom. The smallest absolute Gasteiger partial charge is 0.307 e. The number of ketones is 1. The van der Waals surface area contributed by atoms with Crippen molar-refractivity contribution in [2.75, 3.05) is 0 Å². The predicted octanol–water partition coefficient (Wildman–Crippen LogP) is 1.75. The van der Waals surface area contributed by atoms with Crippen molar-refractivity contribution in [3.63, 3.8) is 0 Å². The van der Waals surface area contributed by atoms with Crippen LogP contribution in [-0.2, 0) is 22.4 Å². The number of Topliss-reactive ketones (excluding diaryl/α,β-unsaturated/α-hetero) is 1. The molecule has 0 fully saturated rings. The highest BCUT2D eigenvalue weighted by Gasteiger charge is 2.05. The standard InChI is InChI=1S/C12H14O3/c1-8-5-10(7-12(14)15)3-4-11(8)6-9(2)13/h3-5H,6-7H2,1-2H3,(H,14,15). The molecule has 0 saturated heterocycles. The van der Waals surface area contributed by atoms with E-state index < -0.39 is 5.97 Å². The van der Waals surface area contributed by atoms with Gasteiger partial charge in [0.25, 0.3) is 0 Å². The topological polar surface area (TPSA) is 54.4 Å². The molecule has 0 radical (unpaired) electrons. The molecule has 0 atom stereocenters. The third kappa shape index (κ3) is 3.54. The third-order valence-electron chi connectivity index (χ3n) is 2.20. The number of benzene rings is 1. The van der Waals surface area contributed by atoms with E-state index in [1.807, 2.05) is 19.1 Å². The summed E-state index contributed by atoms with van der Waals surface area (Å²) in [5.74, 6) is -0.724. The van der Waals surface area contributed by atoms with Gasteiger partial charge in [-0.25, -0.2) is 0 Å². The van der Waals surface area contributed by atoms with E-state index in [-0.39, 0.29) is 12.2 Å². The molecule has 0 amide bonds. The molecular formula is C12H14O3. The van der Waals surface area contributed by atoms with E-state index in [0.717, 1.165) is 16.7 Å². The molecule has 1 rings (SSSR count). The van der Waals surface area contributed by atoms with Crippen molar-refractivity contribution in [1.82, 2.24) is 0 Å². The van der Waals surface area contributed by atoms with Crippen molar-refractivity contribution in [1.29, 1.82) is 0 Å². The van der Waals surface area contributed by atoms with Crippen molar-refractivity contribution >= 4 is 11.8 Å². The van der Waals surface area contributed by atoms with Gasteiger partial charge in [-0.1, -0.05) is 18.2 Å². The summed E-state index contributed by atoms with van der Waals surface area (Å²) in [6.45, 7) is 3.44. The zero-order chi connectivity index (χ0) is 11.4. The summed E-state index contributed by atoms with van der Waals surface area (Å²) in [5, 5.41) is 8.62. The molecular weight excluding hydrogens is 192 g/mol. The minimum Gasteiger partial charge on any atom is -0.481 e. The first-order valence-electron chi connectivity index (χ1n) is 4.78. The summed E-state index contributed by atoms with van der Waals surface area (Å²) in [7, 11) is 0. The highest BCUT2D eigenvalue weighted by molar-refractivity contribution is 5.78. The summed E-state index contributed by atoms with van der Waals surface area (Å²) in [6, 6.07) is 5.42. The fourth-order valence-electron chi connectivity index (χ4n) is 1.51. The maximum absolute atomic E-state index is 10.9. The van der Waals surface area contributed by atoms with Crippen LogP contribution in [0.25, 0.3) is 0 Å². The molecule has 0 aliphatic rings. The minimum atomic E-state index is -0.839. The average Bonchev–Trinajstić information content (AvgIpc) is 2.08. The second kappa shape index (κ2) is 4.73. The number of carboxylic acids is 1. The van der Waals surface area contributed by atoms with Gasteiger partial charge in [-0.15, -0.1) is 0 Å². The van der Waals surface area contributed by atoms with E-state index in [0.29, 0.717) is 6.42 Å². The van der Waals surface area contributed by atoms with E-state index in [1.54, 1.807) is 13.0 Å². The number of hydrogen-bond acceptors (Lipinski definition) is 2. The Labute approximate surface area is 88.7 Å². The van der Waals surface area contributed by atoms with Gasteiger partial charge in [-0.3, -0.25) is 9.59 Å². The number of aryl methyl sites for hydroxylation is 1. The first kappa shape index (κ1) is 11.4. The monoisotopic (exact) mass is 206 g/mol. The average molecular weight is 206 g/mol. The number of hydrogen-bond donors (Lipinski definition) is 1. The van der Waals surface area contributed by atoms with E-state index in [4.69, 9.17) is 5.11 Å². The number of aliphatic carboxylic acids is 1. The summed E-state index contributed by atoms with van der Waals surface area (Å²) >= 11 is 0. The molecule has 0 heterocycles. The van der Waals surface area contributed by atoms with Crippen LogP contribution in [-0.4, -0.2) is 16.9 Å². The van der Waals surface area contributed by atoms with Gasteiger partial charge in [-0.05, 0) is 30.5 Å². The molecule has 0 spiro atoms. The number of carboxylic acid groups (broad SMARTS) is 1. The van der Waals surface area contributed by atoms with E-state index >= 15 is 0 Å². The van der Waals surface area contributed by atoms with E-state index in [2.05, 4.69) is 0 Å². The summed E-state index contributed by atoms with van der Waals surface area (Å²) in [4.78, 5) is 21.4.